The lowest BCUT2D eigenvalue weighted by Crippen LogP contribution is -1.95. The first kappa shape index (κ1) is 14.0. The van der Waals surface area contributed by atoms with E-state index in [9.17, 15) is 0 Å². The number of nitrogens with zero attached hydrogens (tertiary/aromatic N) is 1. The normalized spacial score (nSPS) is 10.5. The Labute approximate surface area is 129 Å². The van der Waals surface area contributed by atoms with E-state index in [1.165, 1.54) is 6.07 Å². The third kappa shape index (κ3) is 3.14. The second kappa shape index (κ2) is 5.72. The number of pyridine rings is 1. The summed E-state index contributed by atoms with van der Waals surface area (Å²) in [6.07, 6.45) is 0. The van der Waals surface area contributed by atoms with Gasteiger partial charge in [0.15, 0.2) is 5.82 Å². The predicted octanol–water partition coefficient (Wildman–Crippen LogP) is 6.09. The number of hydrogen-bond donors (Lipinski definition) is 1. The molecule has 0 saturated carbocycles. The number of anilines is 2. The average Bonchev–Trinajstić information content (AvgIpc) is 2.31. The smallest absolute Gasteiger partial charge is 0.151 e. The monoisotopic (exact) mass is 340 g/mol. The van der Waals surface area contributed by atoms with Gasteiger partial charge in [-0.1, -0.05) is 58.0 Å². The fourth-order valence-electron chi connectivity index (χ4n) is 1.24. The molecule has 94 valence electrons. The summed E-state index contributed by atoms with van der Waals surface area (Å²) in [5.74, 6) is 0.393. The Morgan fingerprint density at radius 3 is 2.17 bits per heavy atom. The standard InChI is InChI=1S/C11H5Cl5N2/c12-6-2-1-5(3-7(6)13)17-11-9(15)4-8(14)10(16)18-11/h1-4H,(H,17,18). The van der Waals surface area contributed by atoms with E-state index in [0.717, 1.165) is 0 Å². The van der Waals surface area contributed by atoms with Gasteiger partial charge in [0.05, 0.1) is 20.1 Å². The third-order valence-corrected chi connectivity index (χ3v) is 3.77. The van der Waals surface area contributed by atoms with E-state index >= 15 is 0 Å². The van der Waals surface area contributed by atoms with Gasteiger partial charge in [-0.2, -0.15) is 0 Å². The molecular weight excluding hydrogens is 337 g/mol. The molecule has 0 amide bonds. The molecule has 1 aromatic carbocycles. The first-order valence-corrected chi connectivity index (χ1v) is 6.60. The Morgan fingerprint density at radius 2 is 1.50 bits per heavy atom. The molecule has 0 atom stereocenters. The van der Waals surface area contributed by atoms with Crippen molar-refractivity contribution < 1.29 is 0 Å². The molecule has 0 bridgehead atoms. The van der Waals surface area contributed by atoms with Crippen molar-refractivity contribution >= 4 is 69.5 Å². The summed E-state index contributed by atoms with van der Waals surface area (Å²) in [4.78, 5) is 4.03. The van der Waals surface area contributed by atoms with E-state index in [-0.39, 0.29) is 5.15 Å². The highest BCUT2D eigenvalue weighted by atomic mass is 35.5. The molecule has 0 unspecified atom stereocenters. The van der Waals surface area contributed by atoms with Crippen molar-refractivity contribution in [2.45, 2.75) is 0 Å². The lowest BCUT2D eigenvalue weighted by atomic mass is 10.3. The van der Waals surface area contributed by atoms with Crippen LogP contribution in [0.2, 0.25) is 25.2 Å². The second-order valence-electron chi connectivity index (χ2n) is 3.35. The Morgan fingerprint density at radius 1 is 0.778 bits per heavy atom. The number of benzene rings is 1. The number of hydrogen-bond acceptors (Lipinski definition) is 2. The zero-order valence-corrected chi connectivity index (χ0v) is 12.4. The lowest BCUT2D eigenvalue weighted by Gasteiger charge is -2.09. The van der Waals surface area contributed by atoms with Gasteiger partial charge in [0.1, 0.15) is 5.15 Å². The van der Waals surface area contributed by atoms with Crippen molar-refractivity contribution in [1.82, 2.24) is 4.98 Å². The van der Waals surface area contributed by atoms with Crippen LogP contribution in [0.1, 0.15) is 0 Å². The molecule has 0 aliphatic carbocycles. The van der Waals surface area contributed by atoms with Crippen LogP contribution in [-0.2, 0) is 0 Å². The maximum absolute atomic E-state index is 6.00. The summed E-state index contributed by atoms with van der Waals surface area (Å²) in [5.41, 5.74) is 0.692. The van der Waals surface area contributed by atoms with E-state index < -0.39 is 0 Å². The number of halogens is 5. The van der Waals surface area contributed by atoms with Crippen molar-refractivity contribution in [1.29, 1.82) is 0 Å². The van der Waals surface area contributed by atoms with E-state index in [4.69, 9.17) is 58.0 Å². The molecule has 0 fully saturated rings. The quantitative estimate of drug-likeness (QED) is 0.668. The number of nitrogens with one attached hydrogen (secondary N) is 1. The predicted molar refractivity (Wildman–Crippen MR) is 79.0 cm³/mol. The van der Waals surface area contributed by atoms with Crippen molar-refractivity contribution in [3.63, 3.8) is 0 Å². The molecular formula is C11H5Cl5N2. The molecule has 0 saturated heterocycles. The van der Waals surface area contributed by atoms with Gasteiger partial charge in [0, 0.05) is 5.69 Å². The Bertz CT molecular complexity index is 600. The summed E-state index contributed by atoms with van der Waals surface area (Å²) in [5, 5.41) is 4.70. The van der Waals surface area contributed by atoms with E-state index in [0.29, 0.717) is 31.6 Å². The van der Waals surface area contributed by atoms with Gasteiger partial charge in [-0.15, -0.1) is 0 Å². The van der Waals surface area contributed by atoms with Crippen LogP contribution in [0.25, 0.3) is 0 Å². The molecule has 1 N–H and O–H groups in total. The van der Waals surface area contributed by atoms with Crippen LogP contribution >= 0.6 is 58.0 Å². The zero-order chi connectivity index (χ0) is 13.3. The minimum Gasteiger partial charge on any atom is -0.339 e. The topological polar surface area (TPSA) is 24.9 Å². The van der Waals surface area contributed by atoms with Crippen LogP contribution in [0.3, 0.4) is 0 Å². The van der Waals surface area contributed by atoms with E-state index in [1.54, 1.807) is 18.2 Å². The van der Waals surface area contributed by atoms with Crippen LogP contribution in [0.15, 0.2) is 24.3 Å². The van der Waals surface area contributed by atoms with Crippen LogP contribution in [0, 0.1) is 0 Å². The molecule has 0 aliphatic heterocycles. The summed E-state index contributed by atoms with van der Waals surface area (Å²) in [7, 11) is 0. The molecule has 7 heteroatoms. The van der Waals surface area contributed by atoms with Crippen LogP contribution in [0.4, 0.5) is 11.5 Å². The Hall–Kier alpha value is -0.380. The second-order valence-corrected chi connectivity index (χ2v) is 5.33. The first-order valence-electron chi connectivity index (χ1n) is 4.71. The first-order chi connectivity index (χ1) is 8.47. The van der Waals surface area contributed by atoms with Crippen LogP contribution in [0.5, 0.6) is 0 Å². The molecule has 2 nitrogen and oxygen atoms in total. The van der Waals surface area contributed by atoms with Crippen LogP contribution in [-0.4, -0.2) is 4.98 Å². The molecule has 0 spiro atoms. The zero-order valence-electron chi connectivity index (χ0n) is 8.65. The number of rotatable bonds is 2. The minimum atomic E-state index is 0.170. The SMILES string of the molecule is Clc1ccc(Nc2nc(Cl)c(Cl)cc2Cl)cc1Cl. The fourth-order valence-corrected chi connectivity index (χ4v) is 2.09. The van der Waals surface area contributed by atoms with E-state index in [1.807, 2.05) is 0 Å². The van der Waals surface area contributed by atoms with Crippen molar-refractivity contribution in [3.05, 3.63) is 49.5 Å². The van der Waals surface area contributed by atoms with Gasteiger partial charge in [-0.3, -0.25) is 0 Å². The summed E-state index contributed by atoms with van der Waals surface area (Å²) >= 11 is 29.3. The maximum atomic E-state index is 6.00. The summed E-state index contributed by atoms with van der Waals surface area (Å²) < 4.78 is 0. The fraction of sp³-hybridized carbons (Fsp3) is 0. The lowest BCUT2D eigenvalue weighted by molar-refractivity contribution is 1.31. The third-order valence-electron chi connectivity index (χ3n) is 2.07. The highest BCUT2D eigenvalue weighted by Crippen LogP contribution is 2.32. The molecule has 1 heterocycles. The van der Waals surface area contributed by atoms with E-state index in [2.05, 4.69) is 10.3 Å². The van der Waals surface area contributed by atoms with Gasteiger partial charge >= 0.3 is 0 Å². The maximum Gasteiger partial charge on any atom is 0.151 e. The average molecular weight is 342 g/mol. The van der Waals surface area contributed by atoms with Crippen LogP contribution < -0.4 is 5.32 Å². The minimum absolute atomic E-state index is 0.170. The number of aromatic nitrogens is 1. The van der Waals surface area contributed by atoms with Gasteiger partial charge in [0.25, 0.3) is 0 Å². The molecule has 18 heavy (non-hydrogen) atoms. The van der Waals surface area contributed by atoms with Crippen molar-refractivity contribution in [3.8, 4) is 0 Å². The van der Waals surface area contributed by atoms with Crippen molar-refractivity contribution in [2.75, 3.05) is 5.32 Å². The molecule has 0 aliphatic rings. The van der Waals surface area contributed by atoms with Gasteiger partial charge < -0.3 is 5.32 Å². The van der Waals surface area contributed by atoms with Gasteiger partial charge in [0.2, 0.25) is 0 Å². The molecule has 1 aromatic heterocycles. The molecule has 0 radical (unpaired) electrons. The highest BCUT2D eigenvalue weighted by molar-refractivity contribution is 6.43. The van der Waals surface area contributed by atoms with Gasteiger partial charge in [-0.05, 0) is 24.3 Å². The van der Waals surface area contributed by atoms with Crippen molar-refractivity contribution in [2.24, 2.45) is 0 Å². The van der Waals surface area contributed by atoms with Gasteiger partial charge in [-0.25, -0.2) is 4.98 Å². The largest absolute Gasteiger partial charge is 0.339 e. The molecule has 2 rings (SSSR count). The Kier molecular flexibility index (Phi) is 4.46. The Balaban J connectivity index is 2.34. The highest BCUT2D eigenvalue weighted by Gasteiger charge is 2.08. The summed E-state index contributed by atoms with van der Waals surface area (Å²) in [6.45, 7) is 0. The summed E-state index contributed by atoms with van der Waals surface area (Å²) in [6, 6.07) is 6.58. The molecule has 2 aromatic rings.